The summed E-state index contributed by atoms with van der Waals surface area (Å²) in [6.45, 7) is 5.82. The molecule has 0 aliphatic heterocycles. The van der Waals surface area contributed by atoms with Crippen LogP contribution >= 0.6 is 11.3 Å². The highest BCUT2D eigenvalue weighted by Crippen LogP contribution is 2.25. The van der Waals surface area contributed by atoms with Gasteiger partial charge in [-0.2, -0.15) is 0 Å². The minimum atomic E-state index is -0.757. The van der Waals surface area contributed by atoms with Crippen molar-refractivity contribution in [2.75, 3.05) is 5.32 Å². The molecule has 1 aromatic heterocycles. The van der Waals surface area contributed by atoms with Crippen LogP contribution in [0.25, 0.3) is 0 Å². The monoisotopic (exact) mass is 381 g/mol. The molecule has 1 heterocycles. The number of carbonyl (C=O) groups is 2. The molecule has 1 atom stereocenters. The Hall–Kier alpha value is -2.35. The van der Waals surface area contributed by atoms with Gasteiger partial charge in [-0.15, -0.1) is 11.3 Å². The number of nitrogens with one attached hydrogen (secondary N) is 2. The summed E-state index contributed by atoms with van der Waals surface area (Å²) in [7, 11) is 0. The number of benzene rings is 1. The van der Waals surface area contributed by atoms with E-state index in [1.54, 1.807) is 13.1 Å². The van der Waals surface area contributed by atoms with Gasteiger partial charge >= 0.3 is 0 Å². The molecule has 0 aliphatic rings. The van der Waals surface area contributed by atoms with Crippen molar-refractivity contribution >= 4 is 28.3 Å². The first-order valence-electron chi connectivity index (χ1n) is 8.29. The molecular formula is C18H21F2N3O2S. The Morgan fingerprint density at radius 2 is 1.85 bits per heavy atom. The van der Waals surface area contributed by atoms with Gasteiger partial charge in [0.1, 0.15) is 17.7 Å². The van der Waals surface area contributed by atoms with E-state index in [1.165, 1.54) is 11.3 Å². The molecule has 2 aromatic rings. The lowest BCUT2D eigenvalue weighted by molar-refractivity contribution is -0.126. The molecule has 26 heavy (non-hydrogen) atoms. The van der Waals surface area contributed by atoms with Gasteiger partial charge in [-0.25, -0.2) is 13.8 Å². The van der Waals surface area contributed by atoms with Gasteiger partial charge in [-0.3, -0.25) is 9.59 Å². The maximum absolute atomic E-state index is 13.2. The van der Waals surface area contributed by atoms with Crippen LogP contribution in [-0.2, 0) is 16.0 Å². The average Bonchev–Trinajstić information content (AvgIpc) is 3.00. The van der Waals surface area contributed by atoms with Crippen molar-refractivity contribution in [3.05, 3.63) is 46.5 Å². The van der Waals surface area contributed by atoms with Gasteiger partial charge in [0, 0.05) is 17.1 Å². The summed E-state index contributed by atoms with van der Waals surface area (Å²) < 4.78 is 26.4. The predicted octanol–water partition coefficient (Wildman–Crippen LogP) is 3.62. The molecule has 5 nitrogen and oxygen atoms in total. The van der Waals surface area contributed by atoms with E-state index in [4.69, 9.17) is 0 Å². The molecule has 0 saturated carbocycles. The molecule has 2 amide bonds. The fraction of sp³-hybridized carbons (Fsp3) is 0.389. The Morgan fingerprint density at radius 1 is 1.19 bits per heavy atom. The van der Waals surface area contributed by atoms with Crippen molar-refractivity contribution in [3.8, 4) is 0 Å². The summed E-state index contributed by atoms with van der Waals surface area (Å²) in [5.41, 5.74) is 0.205. The number of hydrogen-bond acceptors (Lipinski definition) is 4. The van der Waals surface area contributed by atoms with Crippen molar-refractivity contribution in [1.82, 2.24) is 10.3 Å². The van der Waals surface area contributed by atoms with E-state index < -0.39 is 23.6 Å². The van der Waals surface area contributed by atoms with Crippen LogP contribution in [0.2, 0.25) is 0 Å². The molecule has 0 aliphatic carbocycles. The van der Waals surface area contributed by atoms with Crippen molar-refractivity contribution in [2.45, 2.75) is 45.6 Å². The molecule has 2 rings (SSSR count). The zero-order chi connectivity index (χ0) is 19.3. The van der Waals surface area contributed by atoms with Gasteiger partial charge < -0.3 is 10.6 Å². The van der Waals surface area contributed by atoms with E-state index in [0.717, 1.165) is 23.1 Å². The first-order chi connectivity index (χ1) is 12.3. The second-order valence-electron chi connectivity index (χ2n) is 6.19. The molecule has 0 fully saturated rings. The van der Waals surface area contributed by atoms with Crippen LogP contribution in [-0.4, -0.2) is 22.8 Å². The van der Waals surface area contributed by atoms with Crippen molar-refractivity contribution < 1.29 is 18.4 Å². The first kappa shape index (κ1) is 20.0. The molecule has 0 saturated heterocycles. The summed E-state index contributed by atoms with van der Waals surface area (Å²) in [5, 5.41) is 5.74. The zero-order valence-electron chi connectivity index (χ0n) is 14.8. The number of hydrogen-bond donors (Lipinski definition) is 2. The van der Waals surface area contributed by atoms with Crippen molar-refractivity contribution in [3.63, 3.8) is 0 Å². The van der Waals surface area contributed by atoms with Gasteiger partial charge in [0.15, 0.2) is 5.13 Å². The van der Waals surface area contributed by atoms with E-state index >= 15 is 0 Å². The second kappa shape index (κ2) is 8.84. The van der Waals surface area contributed by atoms with Gasteiger partial charge in [0.05, 0.1) is 6.42 Å². The number of rotatable bonds is 7. The smallest absolute Gasteiger partial charge is 0.248 e. The van der Waals surface area contributed by atoms with Crippen LogP contribution in [0.1, 0.15) is 43.6 Å². The first-order valence-corrected chi connectivity index (χ1v) is 9.11. The third-order valence-electron chi connectivity index (χ3n) is 3.67. The topological polar surface area (TPSA) is 71.1 Å². The quantitative estimate of drug-likeness (QED) is 0.770. The Bertz CT molecular complexity index is 772. The molecule has 2 N–H and O–H groups in total. The minimum absolute atomic E-state index is 0.205. The molecule has 1 unspecified atom stereocenters. The van der Waals surface area contributed by atoms with Gasteiger partial charge in [0.2, 0.25) is 11.8 Å². The highest BCUT2D eigenvalue weighted by molar-refractivity contribution is 7.15. The Morgan fingerprint density at radius 3 is 2.38 bits per heavy atom. The van der Waals surface area contributed by atoms with E-state index in [1.807, 2.05) is 13.8 Å². The largest absolute Gasteiger partial charge is 0.344 e. The van der Waals surface area contributed by atoms with Crippen molar-refractivity contribution in [1.29, 1.82) is 0 Å². The van der Waals surface area contributed by atoms with E-state index in [0.29, 0.717) is 17.5 Å². The lowest BCUT2D eigenvalue weighted by Crippen LogP contribution is -2.44. The zero-order valence-corrected chi connectivity index (χ0v) is 15.6. The number of halogens is 2. The number of anilines is 1. The predicted molar refractivity (Wildman–Crippen MR) is 97.1 cm³/mol. The van der Waals surface area contributed by atoms with Gasteiger partial charge in [0.25, 0.3) is 0 Å². The number of thiazole rings is 1. The molecule has 8 heteroatoms. The summed E-state index contributed by atoms with van der Waals surface area (Å²) >= 11 is 1.38. The fourth-order valence-electron chi connectivity index (χ4n) is 2.30. The van der Waals surface area contributed by atoms with Crippen LogP contribution in [0, 0.1) is 11.6 Å². The third kappa shape index (κ3) is 5.59. The Balaban J connectivity index is 1.96. The Labute approximate surface area is 154 Å². The SMILES string of the molecule is CCC(NC(=O)Cc1cc(F)cc(F)c1)C(=O)Nc1ncc(C(C)C)s1. The molecule has 0 radical (unpaired) electrons. The lowest BCUT2D eigenvalue weighted by Gasteiger charge is -2.16. The van der Waals surface area contributed by atoms with E-state index in [2.05, 4.69) is 15.6 Å². The molecule has 0 spiro atoms. The summed E-state index contributed by atoms with van der Waals surface area (Å²) in [6.07, 6.45) is 1.87. The van der Waals surface area contributed by atoms with Gasteiger partial charge in [-0.1, -0.05) is 20.8 Å². The van der Waals surface area contributed by atoms with Crippen LogP contribution in [0.3, 0.4) is 0 Å². The molecule has 1 aromatic carbocycles. The number of nitrogens with zero attached hydrogens (tertiary/aromatic N) is 1. The lowest BCUT2D eigenvalue weighted by atomic mass is 10.1. The molecule has 0 bridgehead atoms. The van der Waals surface area contributed by atoms with Crippen molar-refractivity contribution in [2.24, 2.45) is 0 Å². The number of aromatic nitrogens is 1. The van der Waals surface area contributed by atoms with E-state index in [9.17, 15) is 18.4 Å². The minimum Gasteiger partial charge on any atom is -0.344 e. The van der Waals surface area contributed by atoms with E-state index in [-0.39, 0.29) is 17.9 Å². The molecular weight excluding hydrogens is 360 g/mol. The summed E-state index contributed by atoms with van der Waals surface area (Å²) in [4.78, 5) is 29.6. The van der Waals surface area contributed by atoms with Gasteiger partial charge in [-0.05, 0) is 30.0 Å². The fourth-order valence-corrected chi connectivity index (χ4v) is 3.12. The second-order valence-corrected chi connectivity index (χ2v) is 7.26. The molecule has 140 valence electrons. The Kier molecular flexibility index (Phi) is 6.79. The van der Waals surface area contributed by atoms with Crippen LogP contribution < -0.4 is 10.6 Å². The number of amides is 2. The average molecular weight is 381 g/mol. The normalized spacial score (nSPS) is 12.1. The summed E-state index contributed by atoms with van der Waals surface area (Å²) in [6, 6.07) is 2.16. The van der Waals surface area contributed by atoms with Crippen LogP contribution in [0.5, 0.6) is 0 Å². The highest BCUT2D eigenvalue weighted by atomic mass is 32.1. The highest BCUT2D eigenvalue weighted by Gasteiger charge is 2.20. The maximum atomic E-state index is 13.2. The maximum Gasteiger partial charge on any atom is 0.248 e. The standard InChI is InChI=1S/C18H21F2N3O2S/c1-4-14(17(25)23-18-21-9-15(26-18)10(2)3)22-16(24)7-11-5-12(19)8-13(20)6-11/h5-6,8-10,14H,4,7H2,1-3H3,(H,22,24)(H,21,23,25). The third-order valence-corrected chi connectivity index (χ3v) is 4.88. The van der Waals surface area contributed by atoms with Crippen LogP contribution in [0.4, 0.5) is 13.9 Å². The summed E-state index contributed by atoms with van der Waals surface area (Å²) in [5.74, 6) is -2.05. The van der Waals surface area contributed by atoms with Crippen LogP contribution in [0.15, 0.2) is 24.4 Å². The number of carbonyl (C=O) groups excluding carboxylic acids is 2.